The van der Waals surface area contributed by atoms with Crippen molar-refractivity contribution in [3.8, 4) is 11.8 Å². The fourth-order valence-corrected chi connectivity index (χ4v) is 3.04. The van der Waals surface area contributed by atoms with Gasteiger partial charge in [-0.05, 0) is 47.5 Å². The zero-order chi connectivity index (χ0) is 16.2. The molecule has 1 aliphatic heterocycles. The Morgan fingerprint density at radius 1 is 1.30 bits per heavy atom. The highest BCUT2D eigenvalue weighted by Gasteiger charge is 2.18. The molecule has 3 rings (SSSR count). The lowest BCUT2D eigenvalue weighted by Gasteiger charge is -2.08. The number of hydrogen-bond acceptors (Lipinski definition) is 6. The molecule has 114 valence electrons. The molecule has 2 aromatic rings. The summed E-state index contributed by atoms with van der Waals surface area (Å²) in [6.07, 6.45) is 1.53. The van der Waals surface area contributed by atoms with Crippen molar-refractivity contribution in [3.05, 3.63) is 63.5 Å². The third kappa shape index (κ3) is 3.31. The Bertz CT molecular complexity index is 840. The van der Waals surface area contributed by atoms with E-state index in [-0.39, 0.29) is 5.28 Å². The first kappa shape index (κ1) is 15.4. The smallest absolute Gasteiger partial charge is 0.222 e. The summed E-state index contributed by atoms with van der Waals surface area (Å²) in [6, 6.07) is 11.5. The number of nitriles is 1. The Labute approximate surface area is 142 Å². The number of benzene rings is 1. The van der Waals surface area contributed by atoms with E-state index in [4.69, 9.17) is 16.3 Å². The molecular weight excluding hydrogens is 332 g/mol. The Morgan fingerprint density at radius 3 is 2.74 bits per heavy atom. The maximum absolute atomic E-state index is 9.45. The van der Waals surface area contributed by atoms with Crippen molar-refractivity contribution in [3.63, 3.8) is 0 Å². The van der Waals surface area contributed by atoms with Crippen molar-refractivity contribution in [1.29, 1.82) is 5.26 Å². The summed E-state index contributed by atoms with van der Waals surface area (Å²) < 4.78 is 5.15. The monoisotopic (exact) mass is 342 g/mol. The topological polar surface area (TPSA) is 70.8 Å². The lowest BCUT2D eigenvalue weighted by molar-refractivity contribution is 0.415. The molecule has 0 amide bonds. The van der Waals surface area contributed by atoms with Gasteiger partial charge in [-0.1, -0.05) is 11.8 Å². The van der Waals surface area contributed by atoms with Gasteiger partial charge in [0, 0.05) is 11.6 Å². The van der Waals surface area contributed by atoms with E-state index >= 15 is 0 Å². The number of rotatable bonds is 3. The molecule has 5 nitrogen and oxygen atoms in total. The van der Waals surface area contributed by atoms with Crippen molar-refractivity contribution in [2.45, 2.75) is 0 Å². The third-order valence-electron chi connectivity index (χ3n) is 3.17. The van der Waals surface area contributed by atoms with Crippen LogP contribution in [0.15, 0.2) is 47.0 Å². The predicted molar refractivity (Wildman–Crippen MR) is 91.3 cm³/mol. The zero-order valence-corrected chi connectivity index (χ0v) is 13.6. The van der Waals surface area contributed by atoms with Crippen LogP contribution >= 0.6 is 23.4 Å². The first-order chi connectivity index (χ1) is 11.2. The predicted octanol–water partition coefficient (Wildman–Crippen LogP) is 3.67. The van der Waals surface area contributed by atoms with Gasteiger partial charge in [0.1, 0.15) is 17.4 Å². The largest absolute Gasteiger partial charge is 0.497 e. The number of thioether (sulfide) groups is 1. The number of methoxy groups -OCH3 is 1. The molecule has 0 aliphatic carbocycles. The van der Waals surface area contributed by atoms with Crippen LogP contribution in [0.4, 0.5) is 0 Å². The highest BCUT2D eigenvalue weighted by atomic mass is 35.5. The van der Waals surface area contributed by atoms with Crippen LogP contribution in [0.3, 0.4) is 0 Å². The summed E-state index contributed by atoms with van der Waals surface area (Å²) in [4.78, 5) is 7.92. The van der Waals surface area contributed by atoms with Crippen LogP contribution in [-0.2, 0) is 0 Å². The third-order valence-corrected chi connectivity index (χ3v) is 4.24. The number of halogens is 1. The summed E-state index contributed by atoms with van der Waals surface area (Å²) >= 11 is 7.24. The number of allylic oxidation sites excluding steroid dienone is 1. The van der Waals surface area contributed by atoms with Gasteiger partial charge in [0.15, 0.2) is 0 Å². The quantitative estimate of drug-likeness (QED) is 0.678. The van der Waals surface area contributed by atoms with E-state index in [1.54, 1.807) is 13.2 Å². The molecule has 23 heavy (non-hydrogen) atoms. The Hall–Kier alpha value is -2.49. The highest BCUT2D eigenvalue weighted by Crippen LogP contribution is 2.35. The first-order valence-corrected chi connectivity index (χ1v) is 7.88. The van der Waals surface area contributed by atoms with Crippen molar-refractivity contribution in [1.82, 2.24) is 15.3 Å². The van der Waals surface area contributed by atoms with Gasteiger partial charge in [0.05, 0.1) is 23.5 Å². The zero-order valence-electron chi connectivity index (χ0n) is 12.1. The van der Waals surface area contributed by atoms with Crippen LogP contribution in [0.5, 0.6) is 5.75 Å². The van der Waals surface area contributed by atoms with Gasteiger partial charge in [-0.2, -0.15) is 5.26 Å². The van der Waals surface area contributed by atoms with Crippen LogP contribution in [0.25, 0.3) is 11.3 Å². The van der Waals surface area contributed by atoms with Gasteiger partial charge >= 0.3 is 0 Å². The van der Waals surface area contributed by atoms with Crippen LogP contribution in [0.2, 0.25) is 5.28 Å². The molecule has 1 aliphatic rings. The minimum Gasteiger partial charge on any atom is -0.497 e. The minimum atomic E-state index is 0.113. The van der Waals surface area contributed by atoms with Crippen LogP contribution in [0.1, 0.15) is 11.3 Å². The molecule has 7 heteroatoms. The fraction of sp³-hybridized carbons (Fsp3) is 0.0625. The van der Waals surface area contributed by atoms with Gasteiger partial charge in [0.2, 0.25) is 5.28 Å². The van der Waals surface area contributed by atoms with Crippen LogP contribution in [0, 0.1) is 11.3 Å². The maximum atomic E-state index is 9.45. The molecule has 0 fully saturated rings. The molecule has 0 spiro atoms. The maximum Gasteiger partial charge on any atom is 0.222 e. The van der Waals surface area contributed by atoms with Gasteiger partial charge < -0.3 is 10.1 Å². The second-order valence-corrected chi connectivity index (χ2v) is 5.75. The second kappa shape index (κ2) is 6.73. The first-order valence-electron chi connectivity index (χ1n) is 6.63. The minimum absolute atomic E-state index is 0.113. The Balaban J connectivity index is 1.87. The fourth-order valence-electron chi connectivity index (χ4n) is 2.03. The van der Waals surface area contributed by atoms with E-state index in [1.165, 1.54) is 18.0 Å². The summed E-state index contributed by atoms with van der Waals surface area (Å²) in [5.74, 6) is 0.795. The molecule has 0 unspecified atom stereocenters. The molecular formula is C16H11ClN4OS. The van der Waals surface area contributed by atoms with Crippen molar-refractivity contribution >= 4 is 34.6 Å². The lowest BCUT2D eigenvalue weighted by atomic mass is 10.1. The normalized spacial score (nSPS) is 15.4. The average molecular weight is 343 g/mol. The second-order valence-electron chi connectivity index (χ2n) is 4.53. The molecule has 1 N–H and O–H groups in total. The number of hydrogen-bond donors (Lipinski definition) is 1. The average Bonchev–Trinajstić information content (AvgIpc) is 3.05. The summed E-state index contributed by atoms with van der Waals surface area (Å²) in [7, 11) is 1.63. The van der Waals surface area contributed by atoms with E-state index in [0.717, 1.165) is 17.0 Å². The Kier molecular flexibility index (Phi) is 4.51. The number of nitrogens with one attached hydrogen (secondary N) is 1. The van der Waals surface area contributed by atoms with Crippen molar-refractivity contribution < 1.29 is 4.74 Å². The van der Waals surface area contributed by atoms with Crippen molar-refractivity contribution in [2.24, 2.45) is 0 Å². The molecule has 0 saturated heterocycles. The standard InChI is InChI=1S/C16H11ClN4OS/c1-22-11-4-2-10(3-5-11)14-9-23-15(20-14)12(8-18)13-6-7-19-16(17)21-13/h2-7,9,20H,1H3. The van der Waals surface area contributed by atoms with Gasteiger partial charge in [-0.3, -0.25) is 0 Å². The molecule has 0 radical (unpaired) electrons. The van der Waals surface area contributed by atoms with Gasteiger partial charge in [-0.15, -0.1) is 0 Å². The molecule has 0 bridgehead atoms. The summed E-state index contributed by atoms with van der Waals surface area (Å²) in [5, 5.41) is 15.5. The van der Waals surface area contributed by atoms with Gasteiger partial charge in [-0.25, -0.2) is 9.97 Å². The molecule has 1 aromatic heterocycles. The molecule has 0 atom stereocenters. The Morgan fingerprint density at radius 2 is 2.09 bits per heavy atom. The van der Waals surface area contributed by atoms with E-state index in [9.17, 15) is 5.26 Å². The number of aromatic nitrogens is 2. The summed E-state index contributed by atoms with van der Waals surface area (Å²) in [5.41, 5.74) is 2.85. The highest BCUT2D eigenvalue weighted by molar-refractivity contribution is 8.06. The number of nitrogens with zero attached hydrogens (tertiary/aromatic N) is 3. The SMILES string of the molecule is COc1ccc(C2=CSC(=C(C#N)c3ccnc(Cl)n3)N2)cc1. The molecule has 1 aromatic carbocycles. The molecule has 0 saturated carbocycles. The van der Waals surface area contributed by atoms with E-state index in [2.05, 4.69) is 21.4 Å². The number of ether oxygens (including phenoxy) is 1. The van der Waals surface area contributed by atoms with Crippen LogP contribution < -0.4 is 10.1 Å². The van der Waals surface area contributed by atoms with E-state index in [0.29, 0.717) is 16.3 Å². The summed E-state index contributed by atoms with van der Waals surface area (Å²) in [6.45, 7) is 0. The van der Waals surface area contributed by atoms with Crippen molar-refractivity contribution in [2.75, 3.05) is 7.11 Å². The molecule has 2 heterocycles. The lowest BCUT2D eigenvalue weighted by Crippen LogP contribution is -2.07. The van der Waals surface area contributed by atoms with E-state index < -0.39 is 0 Å². The van der Waals surface area contributed by atoms with Crippen LogP contribution in [-0.4, -0.2) is 17.1 Å². The van der Waals surface area contributed by atoms with E-state index in [1.807, 2.05) is 29.7 Å². The van der Waals surface area contributed by atoms with Gasteiger partial charge in [0.25, 0.3) is 0 Å².